The van der Waals surface area contributed by atoms with Crippen molar-refractivity contribution < 1.29 is 13.2 Å². The molecule has 1 aliphatic rings. The second-order valence-corrected chi connectivity index (χ2v) is 7.88. The van der Waals surface area contributed by atoms with Gasteiger partial charge < -0.3 is 10.1 Å². The molecule has 22 heavy (non-hydrogen) atoms. The van der Waals surface area contributed by atoms with E-state index in [0.29, 0.717) is 24.8 Å². The lowest BCUT2D eigenvalue weighted by Crippen LogP contribution is -2.45. The number of hydrogen-bond donors (Lipinski definition) is 2. The molecule has 2 rings (SSSR count). The lowest BCUT2D eigenvalue weighted by molar-refractivity contribution is 0.289. The van der Waals surface area contributed by atoms with Gasteiger partial charge in [-0.1, -0.05) is 13.8 Å². The van der Waals surface area contributed by atoms with Gasteiger partial charge in [0.05, 0.1) is 11.5 Å². The highest BCUT2D eigenvalue weighted by molar-refractivity contribution is 7.89. The van der Waals surface area contributed by atoms with Gasteiger partial charge in [-0.2, -0.15) is 0 Å². The van der Waals surface area contributed by atoms with E-state index >= 15 is 0 Å². The SMILES string of the molecule is CC(C)CCOc1ccc(S(=O)(=O)NC2CCCNC2)cc1. The first-order valence-corrected chi connectivity index (χ1v) is 9.41. The summed E-state index contributed by atoms with van der Waals surface area (Å²) in [4.78, 5) is 0.286. The van der Waals surface area contributed by atoms with E-state index in [0.717, 1.165) is 25.8 Å². The molecule has 0 spiro atoms. The molecule has 0 bridgehead atoms. The summed E-state index contributed by atoms with van der Waals surface area (Å²) in [6.07, 6.45) is 2.86. The largest absolute Gasteiger partial charge is 0.494 e. The highest BCUT2D eigenvalue weighted by atomic mass is 32.2. The summed E-state index contributed by atoms with van der Waals surface area (Å²) >= 11 is 0. The first-order valence-electron chi connectivity index (χ1n) is 7.93. The molecular formula is C16H26N2O3S. The summed E-state index contributed by atoms with van der Waals surface area (Å²) < 4.78 is 33.0. The third-order valence-electron chi connectivity index (χ3n) is 3.72. The summed E-state index contributed by atoms with van der Waals surface area (Å²) in [5.74, 6) is 1.30. The summed E-state index contributed by atoms with van der Waals surface area (Å²) in [7, 11) is -3.46. The lowest BCUT2D eigenvalue weighted by atomic mass is 10.1. The highest BCUT2D eigenvalue weighted by Crippen LogP contribution is 2.17. The second-order valence-electron chi connectivity index (χ2n) is 6.17. The van der Waals surface area contributed by atoms with Crippen LogP contribution in [0.5, 0.6) is 5.75 Å². The molecule has 124 valence electrons. The van der Waals surface area contributed by atoms with E-state index in [1.54, 1.807) is 24.3 Å². The van der Waals surface area contributed by atoms with Gasteiger partial charge in [0.15, 0.2) is 0 Å². The number of rotatable bonds is 7. The minimum absolute atomic E-state index is 0.0271. The molecule has 1 aliphatic heterocycles. The van der Waals surface area contributed by atoms with Crippen LogP contribution in [0.1, 0.15) is 33.1 Å². The van der Waals surface area contributed by atoms with Gasteiger partial charge >= 0.3 is 0 Å². The van der Waals surface area contributed by atoms with Crippen LogP contribution in [0.2, 0.25) is 0 Å². The Morgan fingerprint density at radius 3 is 2.64 bits per heavy atom. The van der Waals surface area contributed by atoms with Gasteiger partial charge in [0.2, 0.25) is 10.0 Å². The predicted molar refractivity (Wildman–Crippen MR) is 87.6 cm³/mol. The van der Waals surface area contributed by atoms with Crippen molar-refractivity contribution in [1.82, 2.24) is 10.0 Å². The number of hydrogen-bond acceptors (Lipinski definition) is 4. The van der Waals surface area contributed by atoms with Gasteiger partial charge in [-0.15, -0.1) is 0 Å². The third kappa shape index (κ3) is 5.26. The average Bonchev–Trinajstić information content (AvgIpc) is 2.48. The van der Waals surface area contributed by atoms with Gasteiger partial charge in [0.25, 0.3) is 0 Å². The standard InChI is InChI=1S/C16H26N2O3S/c1-13(2)9-11-21-15-5-7-16(8-6-15)22(19,20)18-14-4-3-10-17-12-14/h5-8,13-14,17-18H,3-4,9-12H2,1-2H3. The molecule has 1 atom stereocenters. The quantitative estimate of drug-likeness (QED) is 0.805. The molecule has 1 saturated heterocycles. The van der Waals surface area contributed by atoms with Crippen molar-refractivity contribution in [2.24, 2.45) is 5.92 Å². The first-order chi connectivity index (χ1) is 10.5. The zero-order chi connectivity index (χ0) is 16.0. The second kappa shape index (κ2) is 7.94. The van der Waals surface area contributed by atoms with E-state index in [4.69, 9.17) is 4.74 Å². The maximum atomic E-state index is 12.3. The summed E-state index contributed by atoms with van der Waals surface area (Å²) in [5.41, 5.74) is 0. The maximum absolute atomic E-state index is 12.3. The summed E-state index contributed by atoms with van der Waals surface area (Å²) in [5, 5.41) is 3.20. The van der Waals surface area contributed by atoms with Crippen LogP contribution in [0.3, 0.4) is 0 Å². The fraction of sp³-hybridized carbons (Fsp3) is 0.625. The topological polar surface area (TPSA) is 67.4 Å². The smallest absolute Gasteiger partial charge is 0.240 e. The van der Waals surface area contributed by atoms with Crippen molar-refractivity contribution in [2.45, 2.75) is 44.0 Å². The van der Waals surface area contributed by atoms with Gasteiger partial charge in [-0.3, -0.25) is 0 Å². The van der Waals surface area contributed by atoms with Crippen LogP contribution >= 0.6 is 0 Å². The number of ether oxygens (including phenoxy) is 1. The lowest BCUT2D eigenvalue weighted by Gasteiger charge is -2.23. The molecule has 0 aliphatic carbocycles. The van der Waals surface area contributed by atoms with E-state index in [2.05, 4.69) is 23.9 Å². The van der Waals surface area contributed by atoms with Crippen LogP contribution in [0.4, 0.5) is 0 Å². The van der Waals surface area contributed by atoms with E-state index in [9.17, 15) is 8.42 Å². The Labute approximate surface area is 133 Å². The average molecular weight is 326 g/mol. The Hall–Kier alpha value is -1.11. The molecule has 1 fully saturated rings. The number of nitrogens with one attached hydrogen (secondary N) is 2. The normalized spacial score (nSPS) is 19.3. The zero-order valence-corrected chi connectivity index (χ0v) is 14.2. The Kier molecular flexibility index (Phi) is 6.23. The Morgan fingerprint density at radius 1 is 1.32 bits per heavy atom. The molecule has 0 radical (unpaired) electrons. The minimum Gasteiger partial charge on any atom is -0.494 e. The zero-order valence-electron chi connectivity index (χ0n) is 13.3. The third-order valence-corrected chi connectivity index (χ3v) is 5.25. The Morgan fingerprint density at radius 2 is 2.05 bits per heavy atom. The van der Waals surface area contributed by atoms with Crippen molar-refractivity contribution in [2.75, 3.05) is 19.7 Å². The van der Waals surface area contributed by atoms with Crippen molar-refractivity contribution in [1.29, 1.82) is 0 Å². The van der Waals surface area contributed by atoms with Crippen LogP contribution < -0.4 is 14.8 Å². The minimum atomic E-state index is -3.46. The van der Waals surface area contributed by atoms with Crippen LogP contribution in [0.15, 0.2) is 29.2 Å². The summed E-state index contributed by atoms with van der Waals surface area (Å²) in [6, 6.07) is 6.61. The van der Waals surface area contributed by atoms with Crippen LogP contribution in [0.25, 0.3) is 0 Å². The van der Waals surface area contributed by atoms with E-state index in [1.807, 2.05) is 0 Å². The van der Waals surface area contributed by atoms with Crippen LogP contribution in [0, 0.1) is 5.92 Å². The predicted octanol–water partition coefficient (Wildman–Crippen LogP) is 2.14. The Balaban J connectivity index is 1.93. The van der Waals surface area contributed by atoms with E-state index < -0.39 is 10.0 Å². The molecule has 0 amide bonds. The van der Waals surface area contributed by atoms with E-state index in [1.165, 1.54) is 0 Å². The molecular weight excluding hydrogens is 300 g/mol. The number of benzene rings is 1. The van der Waals surface area contributed by atoms with Crippen molar-refractivity contribution in [3.63, 3.8) is 0 Å². The molecule has 1 aromatic carbocycles. The van der Waals surface area contributed by atoms with E-state index in [-0.39, 0.29) is 10.9 Å². The highest BCUT2D eigenvalue weighted by Gasteiger charge is 2.21. The monoisotopic (exact) mass is 326 g/mol. The van der Waals surface area contributed by atoms with Gasteiger partial charge in [-0.05, 0) is 56.0 Å². The van der Waals surface area contributed by atoms with Crippen molar-refractivity contribution >= 4 is 10.0 Å². The molecule has 0 aromatic heterocycles. The fourth-order valence-electron chi connectivity index (χ4n) is 2.37. The first kappa shape index (κ1) is 17.2. The van der Waals surface area contributed by atoms with Crippen molar-refractivity contribution in [3.8, 4) is 5.75 Å². The fourth-order valence-corrected chi connectivity index (χ4v) is 3.64. The molecule has 2 N–H and O–H groups in total. The molecule has 1 unspecified atom stereocenters. The van der Waals surface area contributed by atoms with Crippen LogP contribution in [-0.4, -0.2) is 34.2 Å². The number of sulfonamides is 1. The summed E-state index contributed by atoms with van der Waals surface area (Å²) in [6.45, 7) is 6.58. The molecule has 6 heteroatoms. The molecule has 1 aromatic rings. The maximum Gasteiger partial charge on any atom is 0.240 e. The van der Waals surface area contributed by atoms with Gasteiger partial charge in [0.1, 0.15) is 5.75 Å². The molecule has 5 nitrogen and oxygen atoms in total. The molecule has 0 saturated carbocycles. The van der Waals surface area contributed by atoms with Gasteiger partial charge in [0, 0.05) is 12.6 Å². The molecule has 1 heterocycles. The van der Waals surface area contributed by atoms with Gasteiger partial charge in [-0.25, -0.2) is 13.1 Å². The van der Waals surface area contributed by atoms with Crippen LogP contribution in [-0.2, 0) is 10.0 Å². The van der Waals surface area contributed by atoms with Crippen molar-refractivity contribution in [3.05, 3.63) is 24.3 Å². The Bertz CT molecular complexity index is 549. The number of piperidine rings is 1.